The Bertz CT molecular complexity index is 3600. The Morgan fingerprint density at radius 3 is 1.14 bits per heavy atom. The molecular formula is C61H40N2. The highest BCUT2D eigenvalue weighted by molar-refractivity contribution is 6.11. The molecule has 0 saturated carbocycles. The molecule has 0 fully saturated rings. The highest BCUT2D eigenvalue weighted by atomic mass is 15.0. The SMILES string of the molecule is c1ccc(-n2c3ccccc3c3cc(-c4ccc(C5(c6ccc(-c7ccc(-n8c9ccccc9c9ccccc98)cc7)cc6)c6ccccc6-c6ccccc65)cc4)ccc32)cc1. The Hall–Kier alpha value is -8.20. The van der Waals surface area contributed by atoms with Crippen LogP contribution < -0.4 is 0 Å². The lowest BCUT2D eigenvalue weighted by Gasteiger charge is -2.34. The van der Waals surface area contributed by atoms with Gasteiger partial charge < -0.3 is 9.13 Å². The number of nitrogens with zero attached hydrogens (tertiary/aromatic N) is 2. The third-order valence-electron chi connectivity index (χ3n) is 13.6. The molecule has 12 aromatic rings. The fraction of sp³-hybridized carbons (Fsp3) is 0.0164. The number of para-hydroxylation sites is 4. The maximum absolute atomic E-state index is 2.38. The van der Waals surface area contributed by atoms with Crippen LogP contribution in [0.4, 0.5) is 0 Å². The van der Waals surface area contributed by atoms with Crippen LogP contribution in [-0.4, -0.2) is 9.13 Å². The van der Waals surface area contributed by atoms with Crippen molar-refractivity contribution in [1.29, 1.82) is 0 Å². The molecule has 1 aliphatic carbocycles. The van der Waals surface area contributed by atoms with Crippen molar-refractivity contribution < 1.29 is 0 Å². The maximum atomic E-state index is 2.38. The van der Waals surface area contributed by atoms with Gasteiger partial charge in [0.15, 0.2) is 0 Å². The van der Waals surface area contributed by atoms with Crippen LogP contribution in [0.15, 0.2) is 243 Å². The van der Waals surface area contributed by atoms with Gasteiger partial charge in [0.25, 0.3) is 0 Å². The molecule has 0 spiro atoms. The predicted octanol–water partition coefficient (Wildman–Crippen LogP) is 15.6. The van der Waals surface area contributed by atoms with E-state index in [4.69, 9.17) is 0 Å². The molecule has 2 heterocycles. The van der Waals surface area contributed by atoms with E-state index in [0.717, 1.165) is 5.69 Å². The van der Waals surface area contributed by atoms with Crippen LogP contribution >= 0.6 is 0 Å². The monoisotopic (exact) mass is 800 g/mol. The van der Waals surface area contributed by atoms with Gasteiger partial charge in [-0.25, -0.2) is 0 Å². The summed E-state index contributed by atoms with van der Waals surface area (Å²) in [5, 5.41) is 5.07. The molecule has 2 nitrogen and oxygen atoms in total. The number of fused-ring (bicyclic) bond motifs is 9. The maximum Gasteiger partial charge on any atom is 0.0713 e. The van der Waals surface area contributed by atoms with E-state index in [1.165, 1.54) is 105 Å². The molecule has 2 heteroatoms. The van der Waals surface area contributed by atoms with E-state index in [9.17, 15) is 0 Å². The Labute approximate surface area is 366 Å². The molecule has 0 aliphatic heterocycles. The Kier molecular flexibility index (Phi) is 7.85. The van der Waals surface area contributed by atoms with Crippen molar-refractivity contribution in [3.8, 4) is 44.8 Å². The second kappa shape index (κ2) is 13.9. The van der Waals surface area contributed by atoms with Gasteiger partial charge in [-0.05, 0) is 110 Å². The van der Waals surface area contributed by atoms with Gasteiger partial charge in [-0.15, -0.1) is 0 Å². The second-order valence-electron chi connectivity index (χ2n) is 16.8. The molecule has 2 aromatic heterocycles. The molecule has 0 amide bonds. The minimum Gasteiger partial charge on any atom is -0.309 e. The van der Waals surface area contributed by atoms with Crippen molar-refractivity contribution in [2.24, 2.45) is 0 Å². The normalized spacial score (nSPS) is 12.9. The van der Waals surface area contributed by atoms with E-state index in [1.54, 1.807) is 0 Å². The third kappa shape index (κ3) is 5.25. The van der Waals surface area contributed by atoms with Gasteiger partial charge in [-0.1, -0.05) is 188 Å². The number of aromatic nitrogens is 2. The zero-order chi connectivity index (χ0) is 41.5. The first-order valence-corrected chi connectivity index (χ1v) is 21.8. The summed E-state index contributed by atoms with van der Waals surface area (Å²) in [6.07, 6.45) is 0. The Morgan fingerprint density at radius 1 is 0.254 bits per heavy atom. The van der Waals surface area contributed by atoms with Gasteiger partial charge >= 0.3 is 0 Å². The molecule has 0 atom stereocenters. The second-order valence-corrected chi connectivity index (χ2v) is 16.8. The minimum atomic E-state index is -0.488. The van der Waals surface area contributed by atoms with Crippen LogP contribution in [0.5, 0.6) is 0 Å². The van der Waals surface area contributed by atoms with Gasteiger partial charge in [0, 0.05) is 32.9 Å². The molecule has 0 saturated heterocycles. The molecule has 0 unspecified atom stereocenters. The van der Waals surface area contributed by atoms with Crippen molar-refractivity contribution in [2.75, 3.05) is 0 Å². The topological polar surface area (TPSA) is 9.86 Å². The van der Waals surface area contributed by atoms with Gasteiger partial charge in [-0.2, -0.15) is 0 Å². The van der Waals surface area contributed by atoms with E-state index in [2.05, 4.69) is 252 Å². The van der Waals surface area contributed by atoms with E-state index < -0.39 is 5.41 Å². The average Bonchev–Trinajstić information content (AvgIpc) is 3.99. The van der Waals surface area contributed by atoms with Crippen LogP contribution in [0.25, 0.3) is 88.4 Å². The summed E-state index contributed by atoms with van der Waals surface area (Å²) in [5.41, 5.74) is 19.3. The Balaban J connectivity index is 0.906. The fourth-order valence-corrected chi connectivity index (χ4v) is 10.9. The van der Waals surface area contributed by atoms with E-state index in [-0.39, 0.29) is 0 Å². The summed E-state index contributed by atoms with van der Waals surface area (Å²) < 4.78 is 4.76. The largest absolute Gasteiger partial charge is 0.309 e. The lowest BCUT2D eigenvalue weighted by molar-refractivity contribution is 0.769. The third-order valence-corrected chi connectivity index (χ3v) is 13.6. The number of rotatable bonds is 6. The van der Waals surface area contributed by atoms with Crippen LogP contribution in [0.1, 0.15) is 22.3 Å². The average molecular weight is 801 g/mol. The fourth-order valence-electron chi connectivity index (χ4n) is 10.9. The summed E-state index contributed by atoms with van der Waals surface area (Å²) in [4.78, 5) is 0. The lowest BCUT2D eigenvalue weighted by atomic mass is 9.67. The molecular weight excluding hydrogens is 761 g/mol. The molecule has 63 heavy (non-hydrogen) atoms. The van der Waals surface area contributed by atoms with Crippen LogP contribution in [0.2, 0.25) is 0 Å². The van der Waals surface area contributed by atoms with Crippen LogP contribution in [0.3, 0.4) is 0 Å². The van der Waals surface area contributed by atoms with Crippen LogP contribution in [0, 0.1) is 0 Å². The van der Waals surface area contributed by atoms with Gasteiger partial charge in [-0.3, -0.25) is 0 Å². The summed E-state index contributed by atoms with van der Waals surface area (Å²) in [5.74, 6) is 0. The lowest BCUT2D eigenvalue weighted by Crippen LogP contribution is -2.28. The molecule has 0 bridgehead atoms. The molecule has 13 rings (SSSR count). The standard InChI is InChI=1S/C61H40N2/c1-2-14-47(15-3-1)62-59-25-13-8-20-53(59)54-40-44(32-39-60(54)62)43-28-35-46(36-29-43)61(55-21-9-4-16-49(55)50-17-5-10-22-56(50)61)45-33-26-41(27-34-45)42-30-37-48(38-31-42)63-57-23-11-6-18-51(57)52-19-7-12-24-58(52)63/h1-40H. The van der Waals surface area contributed by atoms with Crippen molar-refractivity contribution in [3.63, 3.8) is 0 Å². The molecule has 0 N–H and O–H groups in total. The van der Waals surface area contributed by atoms with Gasteiger partial charge in [0.2, 0.25) is 0 Å². The van der Waals surface area contributed by atoms with Gasteiger partial charge in [0.05, 0.1) is 27.5 Å². The van der Waals surface area contributed by atoms with E-state index in [1.807, 2.05) is 0 Å². The summed E-state index contributed by atoms with van der Waals surface area (Å²) in [7, 11) is 0. The highest BCUT2D eigenvalue weighted by Crippen LogP contribution is 2.56. The Morgan fingerprint density at radius 2 is 0.619 bits per heavy atom. The summed E-state index contributed by atoms with van der Waals surface area (Å²) in [6, 6.07) is 89.5. The zero-order valence-electron chi connectivity index (χ0n) is 34.5. The van der Waals surface area contributed by atoms with Crippen LogP contribution in [-0.2, 0) is 5.41 Å². The molecule has 10 aromatic carbocycles. The summed E-state index contributed by atoms with van der Waals surface area (Å²) in [6.45, 7) is 0. The predicted molar refractivity (Wildman–Crippen MR) is 263 cm³/mol. The van der Waals surface area contributed by atoms with Crippen molar-refractivity contribution in [3.05, 3.63) is 265 Å². The van der Waals surface area contributed by atoms with E-state index >= 15 is 0 Å². The van der Waals surface area contributed by atoms with Crippen molar-refractivity contribution in [2.45, 2.75) is 5.41 Å². The first-order chi connectivity index (χ1) is 31.3. The molecule has 0 radical (unpaired) electrons. The van der Waals surface area contributed by atoms with Crippen molar-refractivity contribution in [1.82, 2.24) is 9.13 Å². The molecule has 1 aliphatic rings. The smallest absolute Gasteiger partial charge is 0.0713 e. The van der Waals surface area contributed by atoms with Crippen molar-refractivity contribution >= 4 is 43.6 Å². The number of hydrogen-bond acceptors (Lipinski definition) is 0. The van der Waals surface area contributed by atoms with Gasteiger partial charge in [0.1, 0.15) is 0 Å². The first kappa shape index (κ1) is 35.5. The first-order valence-electron chi connectivity index (χ1n) is 21.8. The van der Waals surface area contributed by atoms with E-state index in [0.29, 0.717) is 0 Å². The number of hydrogen-bond donors (Lipinski definition) is 0. The quantitative estimate of drug-likeness (QED) is 0.159. The zero-order valence-corrected chi connectivity index (χ0v) is 34.5. The molecule has 294 valence electrons. The number of benzene rings is 10. The highest BCUT2D eigenvalue weighted by Gasteiger charge is 2.45. The minimum absolute atomic E-state index is 0.488. The summed E-state index contributed by atoms with van der Waals surface area (Å²) >= 11 is 0.